The van der Waals surface area contributed by atoms with Crippen LogP contribution in [0.4, 0.5) is 5.69 Å². The van der Waals surface area contributed by atoms with E-state index < -0.39 is 0 Å². The van der Waals surface area contributed by atoms with E-state index in [2.05, 4.69) is 10.4 Å². The van der Waals surface area contributed by atoms with Gasteiger partial charge in [0.05, 0.1) is 17.5 Å². The van der Waals surface area contributed by atoms with Crippen LogP contribution in [0.25, 0.3) is 0 Å². The molecule has 2 fully saturated rings. The van der Waals surface area contributed by atoms with Crippen molar-refractivity contribution in [2.45, 2.75) is 30.9 Å². The molecule has 0 amide bonds. The number of ether oxygens (including phenoxy) is 1. The molecule has 1 N–H and O–H groups in total. The molecule has 0 saturated carbocycles. The van der Waals surface area contributed by atoms with Gasteiger partial charge in [-0.2, -0.15) is 16.9 Å². The highest BCUT2D eigenvalue weighted by atomic mass is 32.2. The third-order valence-corrected chi connectivity index (χ3v) is 4.86. The van der Waals surface area contributed by atoms with Crippen molar-refractivity contribution < 1.29 is 4.74 Å². The standard InChI is InChI=1S/C12H19N3OS/c1-15-8-11(7-13-15)14-10-2-4-16-12(6-10)3-5-17-9-12/h7-8,10,14H,2-6,9H2,1H3. The Morgan fingerprint density at radius 2 is 2.59 bits per heavy atom. The lowest BCUT2D eigenvalue weighted by molar-refractivity contribution is -0.0628. The largest absolute Gasteiger partial charge is 0.380 e. The van der Waals surface area contributed by atoms with Crippen LogP contribution < -0.4 is 5.32 Å². The number of aromatic nitrogens is 2. The van der Waals surface area contributed by atoms with E-state index in [0.29, 0.717) is 6.04 Å². The fourth-order valence-electron chi connectivity index (χ4n) is 2.75. The van der Waals surface area contributed by atoms with Crippen molar-refractivity contribution in [2.24, 2.45) is 7.05 Å². The summed E-state index contributed by atoms with van der Waals surface area (Å²) in [7, 11) is 1.95. The zero-order chi connectivity index (χ0) is 11.7. The number of nitrogens with one attached hydrogen (secondary N) is 1. The van der Waals surface area contributed by atoms with Crippen LogP contribution in [0.3, 0.4) is 0 Å². The van der Waals surface area contributed by atoms with Gasteiger partial charge < -0.3 is 10.1 Å². The second-order valence-electron chi connectivity index (χ2n) is 5.07. The molecule has 2 atom stereocenters. The monoisotopic (exact) mass is 253 g/mol. The molecule has 3 rings (SSSR count). The van der Waals surface area contributed by atoms with E-state index in [-0.39, 0.29) is 5.60 Å². The maximum atomic E-state index is 6.02. The van der Waals surface area contributed by atoms with Crippen molar-refractivity contribution in [3.05, 3.63) is 12.4 Å². The molecule has 4 nitrogen and oxygen atoms in total. The van der Waals surface area contributed by atoms with Crippen LogP contribution in [0.5, 0.6) is 0 Å². The van der Waals surface area contributed by atoms with Gasteiger partial charge in [0.25, 0.3) is 0 Å². The average Bonchev–Trinajstić information content (AvgIpc) is 2.89. The van der Waals surface area contributed by atoms with E-state index >= 15 is 0 Å². The van der Waals surface area contributed by atoms with Crippen LogP contribution in [0, 0.1) is 0 Å². The summed E-state index contributed by atoms with van der Waals surface area (Å²) in [6.07, 6.45) is 7.37. The minimum atomic E-state index is 0.156. The van der Waals surface area contributed by atoms with E-state index in [4.69, 9.17) is 4.74 Å². The first-order valence-corrected chi connectivity index (χ1v) is 7.38. The maximum Gasteiger partial charge on any atom is 0.0799 e. The molecule has 2 saturated heterocycles. The van der Waals surface area contributed by atoms with Crippen LogP contribution in [0.1, 0.15) is 19.3 Å². The Bertz CT molecular complexity index is 387. The van der Waals surface area contributed by atoms with Gasteiger partial charge in [-0.05, 0) is 25.0 Å². The Balaban J connectivity index is 1.64. The summed E-state index contributed by atoms with van der Waals surface area (Å²) in [5.74, 6) is 2.41. The van der Waals surface area contributed by atoms with E-state index in [0.717, 1.165) is 30.9 Å². The highest BCUT2D eigenvalue weighted by molar-refractivity contribution is 7.99. The first-order valence-electron chi connectivity index (χ1n) is 6.23. The summed E-state index contributed by atoms with van der Waals surface area (Å²) in [5, 5.41) is 7.77. The van der Waals surface area contributed by atoms with Gasteiger partial charge in [-0.1, -0.05) is 0 Å². The van der Waals surface area contributed by atoms with Gasteiger partial charge in [-0.15, -0.1) is 0 Å². The van der Waals surface area contributed by atoms with Gasteiger partial charge in [-0.3, -0.25) is 4.68 Å². The van der Waals surface area contributed by atoms with Gasteiger partial charge >= 0.3 is 0 Å². The molecular weight excluding hydrogens is 234 g/mol. The van der Waals surface area contributed by atoms with Crippen LogP contribution >= 0.6 is 11.8 Å². The Morgan fingerprint density at radius 1 is 1.65 bits per heavy atom. The maximum absolute atomic E-state index is 6.02. The molecule has 0 bridgehead atoms. The lowest BCUT2D eigenvalue weighted by Crippen LogP contribution is -2.44. The molecule has 17 heavy (non-hydrogen) atoms. The van der Waals surface area contributed by atoms with Gasteiger partial charge in [-0.25, -0.2) is 0 Å². The molecule has 1 spiro atoms. The molecule has 0 aliphatic carbocycles. The Hall–Kier alpha value is -0.680. The lowest BCUT2D eigenvalue weighted by Gasteiger charge is -2.38. The second-order valence-corrected chi connectivity index (χ2v) is 6.18. The topological polar surface area (TPSA) is 39.1 Å². The first-order chi connectivity index (χ1) is 8.26. The summed E-state index contributed by atoms with van der Waals surface area (Å²) in [6.45, 7) is 0.887. The minimum absolute atomic E-state index is 0.156. The van der Waals surface area contributed by atoms with Gasteiger partial charge in [0.1, 0.15) is 0 Å². The molecular formula is C12H19N3OS. The Kier molecular flexibility index (Phi) is 3.04. The summed E-state index contributed by atoms with van der Waals surface area (Å²) in [5.41, 5.74) is 1.28. The third kappa shape index (κ3) is 2.45. The van der Waals surface area contributed by atoms with Crippen molar-refractivity contribution in [3.8, 4) is 0 Å². The van der Waals surface area contributed by atoms with E-state index in [9.17, 15) is 0 Å². The zero-order valence-electron chi connectivity index (χ0n) is 10.2. The molecule has 0 radical (unpaired) electrons. The highest BCUT2D eigenvalue weighted by Crippen LogP contribution is 2.38. The van der Waals surface area contributed by atoms with Crippen molar-refractivity contribution in [2.75, 3.05) is 23.4 Å². The molecule has 2 aliphatic rings. The minimum Gasteiger partial charge on any atom is -0.380 e. The van der Waals surface area contributed by atoms with Gasteiger partial charge in [0.2, 0.25) is 0 Å². The Morgan fingerprint density at radius 3 is 3.29 bits per heavy atom. The van der Waals surface area contributed by atoms with Crippen molar-refractivity contribution in [1.82, 2.24) is 9.78 Å². The van der Waals surface area contributed by atoms with Crippen molar-refractivity contribution in [3.63, 3.8) is 0 Å². The Labute approximate surface area is 106 Å². The smallest absolute Gasteiger partial charge is 0.0799 e. The van der Waals surface area contributed by atoms with Crippen molar-refractivity contribution >= 4 is 17.4 Å². The van der Waals surface area contributed by atoms with E-state index in [1.807, 2.05) is 35.9 Å². The molecule has 3 heterocycles. The molecule has 2 aliphatic heterocycles. The number of anilines is 1. The van der Waals surface area contributed by atoms with Crippen LogP contribution in [-0.2, 0) is 11.8 Å². The third-order valence-electron chi connectivity index (χ3n) is 3.64. The molecule has 1 aromatic heterocycles. The molecule has 94 valence electrons. The predicted molar refractivity (Wildman–Crippen MR) is 70.5 cm³/mol. The van der Waals surface area contributed by atoms with E-state index in [1.54, 1.807) is 0 Å². The SMILES string of the molecule is Cn1cc(NC2CCOC3(CCSC3)C2)cn1. The average molecular weight is 253 g/mol. The molecule has 2 unspecified atom stereocenters. The van der Waals surface area contributed by atoms with Crippen LogP contribution in [0.15, 0.2) is 12.4 Å². The summed E-state index contributed by atoms with van der Waals surface area (Å²) in [6, 6.07) is 0.534. The van der Waals surface area contributed by atoms with Crippen LogP contribution in [-0.4, -0.2) is 39.5 Å². The zero-order valence-corrected chi connectivity index (χ0v) is 11.0. The predicted octanol–water partition coefficient (Wildman–Crippen LogP) is 1.89. The molecule has 5 heteroatoms. The summed E-state index contributed by atoms with van der Waals surface area (Å²) in [4.78, 5) is 0. The van der Waals surface area contributed by atoms with E-state index in [1.165, 1.54) is 12.2 Å². The fourth-order valence-corrected chi connectivity index (χ4v) is 4.12. The fraction of sp³-hybridized carbons (Fsp3) is 0.750. The van der Waals surface area contributed by atoms with Gasteiger partial charge in [0, 0.05) is 31.6 Å². The van der Waals surface area contributed by atoms with Gasteiger partial charge in [0.15, 0.2) is 0 Å². The number of aryl methyl sites for hydroxylation is 1. The second kappa shape index (κ2) is 4.53. The quantitative estimate of drug-likeness (QED) is 0.873. The summed E-state index contributed by atoms with van der Waals surface area (Å²) >= 11 is 2.02. The highest BCUT2D eigenvalue weighted by Gasteiger charge is 2.40. The molecule has 0 aromatic carbocycles. The number of thioether (sulfide) groups is 1. The first kappa shape index (κ1) is 11.4. The number of hydrogen-bond acceptors (Lipinski definition) is 4. The summed E-state index contributed by atoms with van der Waals surface area (Å²) < 4.78 is 7.85. The number of hydrogen-bond donors (Lipinski definition) is 1. The number of nitrogens with zero attached hydrogens (tertiary/aromatic N) is 2. The lowest BCUT2D eigenvalue weighted by atomic mass is 9.90. The van der Waals surface area contributed by atoms with Crippen LogP contribution in [0.2, 0.25) is 0 Å². The molecule has 1 aromatic rings. The normalized spacial score (nSPS) is 33.1. The number of rotatable bonds is 2. The van der Waals surface area contributed by atoms with Crippen molar-refractivity contribution in [1.29, 1.82) is 0 Å².